The van der Waals surface area contributed by atoms with Crippen molar-refractivity contribution in [2.24, 2.45) is 11.8 Å². The van der Waals surface area contributed by atoms with Gasteiger partial charge in [-0.15, -0.1) is 12.4 Å². The van der Waals surface area contributed by atoms with E-state index in [9.17, 15) is 9.18 Å². The molecule has 1 saturated heterocycles. The van der Waals surface area contributed by atoms with Gasteiger partial charge in [-0.25, -0.2) is 4.39 Å². The van der Waals surface area contributed by atoms with Gasteiger partial charge in [0, 0.05) is 6.42 Å². The Morgan fingerprint density at radius 2 is 2.29 bits per heavy atom. The third-order valence-electron chi connectivity index (χ3n) is 4.05. The van der Waals surface area contributed by atoms with Crippen molar-refractivity contribution < 1.29 is 9.18 Å². The fourth-order valence-corrected chi connectivity index (χ4v) is 2.75. The largest absolute Gasteiger partial charge is 0.324 e. The lowest BCUT2D eigenvalue weighted by atomic mass is 9.85. The van der Waals surface area contributed by atoms with Gasteiger partial charge in [-0.05, 0) is 62.4 Å². The lowest BCUT2D eigenvalue weighted by Crippen LogP contribution is -2.34. The number of benzene rings is 1. The molecule has 1 aliphatic heterocycles. The average Bonchev–Trinajstić information content (AvgIpc) is 2.43. The monoisotopic (exact) mass is 314 g/mol. The average molecular weight is 315 g/mol. The summed E-state index contributed by atoms with van der Waals surface area (Å²) in [5, 5.41) is 6.04. The molecule has 0 spiro atoms. The summed E-state index contributed by atoms with van der Waals surface area (Å²) in [5.74, 6) is 0.379. The van der Waals surface area contributed by atoms with Gasteiger partial charge in [0.15, 0.2) is 0 Å². The van der Waals surface area contributed by atoms with Gasteiger partial charge < -0.3 is 10.6 Å². The third kappa shape index (κ3) is 5.29. The predicted octanol–water partition coefficient (Wildman–Crippen LogP) is 3.52. The lowest BCUT2D eigenvalue weighted by Gasteiger charge is -2.28. The second-order valence-electron chi connectivity index (χ2n) is 5.82. The smallest absolute Gasteiger partial charge is 0.224 e. The van der Waals surface area contributed by atoms with E-state index in [1.54, 1.807) is 12.1 Å². The van der Waals surface area contributed by atoms with Crippen LogP contribution in [0.5, 0.6) is 0 Å². The molecule has 118 valence electrons. The zero-order valence-electron chi connectivity index (χ0n) is 12.6. The Hall–Kier alpha value is -1.13. The SMILES string of the molecule is Cc1ccc(NC(=O)CC(C)C2CCCNC2)c(F)c1.Cl. The molecule has 0 radical (unpaired) electrons. The van der Waals surface area contributed by atoms with Crippen LogP contribution >= 0.6 is 12.4 Å². The summed E-state index contributed by atoms with van der Waals surface area (Å²) in [6.45, 7) is 5.98. The summed E-state index contributed by atoms with van der Waals surface area (Å²) in [5.41, 5.74) is 1.12. The Morgan fingerprint density at radius 1 is 1.52 bits per heavy atom. The van der Waals surface area contributed by atoms with E-state index in [4.69, 9.17) is 0 Å². The van der Waals surface area contributed by atoms with E-state index < -0.39 is 0 Å². The van der Waals surface area contributed by atoms with Gasteiger partial charge in [-0.3, -0.25) is 4.79 Å². The molecule has 0 bridgehead atoms. The summed E-state index contributed by atoms with van der Waals surface area (Å²) >= 11 is 0. The number of amides is 1. The molecular formula is C16H24ClFN2O. The van der Waals surface area contributed by atoms with Crippen molar-refractivity contribution in [2.75, 3.05) is 18.4 Å². The van der Waals surface area contributed by atoms with Crippen LogP contribution in [0.25, 0.3) is 0 Å². The summed E-state index contributed by atoms with van der Waals surface area (Å²) < 4.78 is 13.7. The second-order valence-corrected chi connectivity index (χ2v) is 5.82. The second kappa shape index (κ2) is 8.35. The van der Waals surface area contributed by atoms with Gasteiger partial charge in [0.1, 0.15) is 5.82 Å². The minimum atomic E-state index is -0.370. The van der Waals surface area contributed by atoms with E-state index in [0.717, 1.165) is 18.7 Å². The Balaban J connectivity index is 0.00000220. The number of rotatable bonds is 4. The molecule has 2 rings (SSSR count). The molecule has 0 aliphatic carbocycles. The first kappa shape index (κ1) is 17.9. The van der Waals surface area contributed by atoms with Crippen LogP contribution in [0.15, 0.2) is 18.2 Å². The number of halogens is 2. The molecule has 1 fully saturated rings. The maximum atomic E-state index is 13.7. The molecule has 1 aromatic rings. The van der Waals surface area contributed by atoms with Crippen LogP contribution in [0.4, 0.5) is 10.1 Å². The lowest BCUT2D eigenvalue weighted by molar-refractivity contribution is -0.117. The van der Waals surface area contributed by atoms with E-state index >= 15 is 0 Å². The predicted molar refractivity (Wildman–Crippen MR) is 86.4 cm³/mol. The first-order chi connectivity index (χ1) is 9.56. The van der Waals surface area contributed by atoms with Crippen molar-refractivity contribution in [3.63, 3.8) is 0 Å². The highest BCUT2D eigenvalue weighted by Crippen LogP contribution is 2.23. The molecule has 2 unspecified atom stereocenters. The first-order valence-electron chi connectivity index (χ1n) is 7.33. The molecule has 2 atom stereocenters. The topological polar surface area (TPSA) is 41.1 Å². The third-order valence-corrected chi connectivity index (χ3v) is 4.05. The van der Waals surface area contributed by atoms with Crippen LogP contribution in [-0.4, -0.2) is 19.0 Å². The van der Waals surface area contributed by atoms with E-state index in [-0.39, 0.29) is 29.8 Å². The molecular weight excluding hydrogens is 291 g/mol. The van der Waals surface area contributed by atoms with Crippen molar-refractivity contribution >= 4 is 24.0 Å². The highest BCUT2D eigenvalue weighted by atomic mass is 35.5. The van der Waals surface area contributed by atoms with Crippen molar-refractivity contribution in [3.05, 3.63) is 29.6 Å². The molecule has 5 heteroatoms. The Labute approximate surface area is 132 Å². The number of carbonyl (C=O) groups is 1. The van der Waals surface area contributed by atoms with Gasteiger partial charge in [0.25, 0.3) is 0 Å². The molecule has 0 aromatic heterocycles. The number of anilines is 1. The normalized spacial score (nSPS) is 19.5. The molecule has 1 heterocycles. The van der Waals surface area contributed by atoms with E-state index in [2.05, 4.69) is 17.6 Å². The van der Waals surface area contributed by atoms with Crippen LogP contribution in [-0.2, 0) is 4.79 Å². The molecule has 1 aromatic carbocycles. The van der Waals surface area contributed by atoms with Gasteiger partial charge in [-0.2, -0.15) is 0 Å². The van der Waals surface area contributed by atoms with Crippen LogP contribution < -0.4 is 10.6 Å². The Kier molecular flexibility index (Phi) is 7.12. The highest BCUT2D eigenvalue weighted by Gasteiger charge is 2.22. The van der Waals surface area contributed by atoms with Gasteiger partial charge in [0.05, 0.1) is 5.69 Å². The quantitative estimate of drug-likeness (QED) is 0.893. The van der Waals surface area contributed by atoms with Crippen LogP contribution in [0.3, 0.4) is 0 Å². The Morgan fingerprint density at radius 3 is 2.90 bits per heavy atom. The van der Waals surface area contributed by atoms with Crippen molar-refractivity contribution in [3.8, 4) is 0 Å². The zero-order chi connectivity index (χ0) is 14.5. The molecule has 1 aliphatic rings. The van der Waals surface area contributed by atoms with E-state index in [1.165, 1.54) is 18.9 Å². The standard InChI is InChI=1S/C16H23FN2O.ClH/c1-11-5-6-15(14(17)8-11)19-16(20)9-12(2)13-4-3-7-18-10-13;/h5-6,8,12-13,18H,3-4,7,9-10H2,1-2H3,(H,19,20);1H. The van der Waals surface area contributed by atoms with Crippen molar-refractivity contribution in [2.45, 2.75) is 33.1 Å². The number of hydrogen-bond acceptors (Lipinski definition) is 2. The van der Waals surface area contributed by atoms with Crippen LogP contribution in [0.2, 0.25) is 0 Å². The van der Waals surface area contributed by atoms with Crippen molar-refractivity contribution in [1.29, 1.82) is 0 Å². The highest BCUT2D eigenvalue weighted by molar-refractivity contribution is 5.91. The summed E-state index contributed by atoms with van der Waals surface area (Å²) in [6.07, 6.45) is 2.78. The van der Waals surface area contributed by atoms with E-state index in [1.807, 2.05) is 6.92 Å². The van der Waals surface area contributed by atoms with Crippen molar-refractivity contribution in [1.82, 2.24) is 5.32 Å². The zero-order valence-corrected chi connectivity index (χ0v) is 13.4. The van der Waals surface area contributed by atoms with E-state index in [0.29, 0.717) is 18.3 Å². The number of carbonyl (C=O) groups excluding carboxylic acids is 1. The number of aryl methyl sites for hydroxylation is 1. The fraction of sp³-hybridized carbons (Fsp3) is 0.562. The minimum absolute atomic E-state index is 0. The van der Waals surface area contributed by atoms with Gasteiger partial charge in [0.2, 0.25) is 5.91 Å². The summed E-state index contributed by atoms with van der Waals surface area (Å²) in [6, 6.07) is 4.85. The van der Waals surface area contributed by atoms with Crippen LogP contribution in [0, 0.1) is 24.6 Å². The molecule has 2 N–H and O–H groups in total. The molecule has 21 heavy (non-hydrogen) atoms. The first-order valence-corrected chi connectivity index (χ1v) is 7.33. The molecule has 3 nitrogen and oxygen atoms in total. The molecule has 1 amide bonds. The maximum Gasteiger partial charge on any atom is 0.224 e. The number of piperidine rings is 1. The van der Waals surface area contributed by atoms with Crippen LogP contribution in [0.1, 0.15) is 31.7 Å². The minimum Gasteiger partial charge on any atom is -0.324 e. The molecule has 0 saturated carbocycles. The maximum absolute atomic E-state index is 13.7. The Bertz CT molecular complexity index is 475. The van der Waals surface area contributed by atoms with Gasteiger partial charge in [-0.1, -0.05) is 13.0 Å². The summed E-state index contributed by atoms with van der Waals surface area (Å²) in [7, 11) is 0. The fourth-order valence-electron chi connectivity index (χ4n) is 2.75. The number of nitrogens with one attached hydrogen (secondary N) is 2. The number of hydrogen-bond donors (Lipinski definition) is 2. The van der Waals surface area contributed by atoms with Gasteiger partial charge >= 0.3 is 0 Å². The summed E-state index contributed by atoms with van der Waals surface area (Å²) in [4.78, 5) is 12.0.